The maximum absolute atomic E-state index is 4.80. The SMILES string of the molecule is Cc1cnc2nc3c(cc2c1)CN(Cc1ccc(C(C)(C)C)cc1)CC3. The third-order valence-corrected chi connectivity index (χ3v) is 5.26. The standard InChI is InChI=1S/C23H27N3/c1-16-11-18-12-19-15-26(10-9-21(19)25-22(18)24-13-16)14-17-5-7-20(8-6-17)23(2,3)4/h5-8,11-13H,9-10,14-15H2,1-4H3. The molecular weight excluding hydrogens is 318 g/mol. The van der Waals surface area contributed by atoms with Gasteiger partial charge in [0.2, 0.25) is 0 Å². The number of aromatic nitrogens is 2. The van der Waals surface area contributed by atoms with Crippen LogP contribution < -0.4 is 0 Å². The highest BCUT2D eigenvalue weighted by atomic mass is 15.1. The second kappa shape index (κ2) is 6.48. The lowest BCUT2D eigenvalue weighted by atomic mass is 9.86. The average Bonchev–Trinajstić information content (AvgIpc) is 2.59. The molecular formula is C23H27N3. The van der Waals surface area contributed by atoms with E-state index in [4.69, 9.17) is 4.98 Å². The Morgan fingerprint density at radius 1 is 1.08 bits per heavy atom. The molecule has 3 heterocycles. The van der Waals surface area contributed by atoms with Gasteiger partial charge in [-0.05, 0) is 46.7 Å². The van der Waals surface area contributed by atoms with Gasteiger partial charge >= 0.3 is 0 Å². The number of fused-ring (bicyclic) bond motifs is 2. The minimum atomic E-state index is 0.210. The lowest BCUT2D eigenvalue weighted by Gasteiger charge is -2.28. The second-order valence-electron chi connectivity index (χ2n) is 8.56. The molecule has 1 aromatic carbocycles. The van der Waals surface area contributed by atoms with E-state index in [1.54, 1.807) is 0 Å². The van der Waals surface area contributed by atoms with Crippen LogP contribution in [0.2, 0.25) is 0 Å². The van der Waals surface area contributed by atoms with E-state index < -0.39 is 0 Å². The number of aryl methyl sites for hydroxylation is 1. The molecule has 4 rings (SSSR count). The van der Waals surface area contributed by atoms with Gasteiger partial charge in [-0.15, -0.1) is 0 Å². The van der Waals surface area contributed by atoms with Crippen LogP contribution in [0.1, 0.15) is 48.7 Å². The molecule has 0 saturated carbocycles. The van der Waals surface area contributed by atoms with Crippen molar-refractivity contribution in [2.75, 3.05) is 6.54 Å². The van der Waals surface area contributed by atoms with Gasteiger partial charge in [0.1, 0.15) is 0 Å². The lowest BCUT2D eigenvalue weighted by Crippen LogP contribution is -2.30. The van der Waals surface area contributed by atoms with E-state index in [-0.39, 0.29) is 5.41 Å². The van der Waals surface area contributed by atoms with Crippen LogP contribution in [0.5, 0.6) is 0 Å². The molecule has 3 heteroatoms. The number of hydrogen-bond donors (Lipinski definition) is 0. The first-order chi connectivity index (χ1) is 12.4. The largest absolute Gasteiger partial charge is 0.294 e. The summed E-state index contributed by atoms with van der Waals surface area (Å²) in [5, 5.41) is 1.15. The first-order valence-electron chi connectivity index (χ1n) is 9.45. The quantitative estimate of drug-likeness (QED) is 0.668. The Bertz CT molecular complexity index is 936. The summed E-state index contributed by atoms with van der Waals surface area (Å²) in [6.07, 6.45) is 2.90. The van der Waals surface area contributed by atoms with E-state index >= 15 is 0 Å². The van der Waals surface area contributed by atoms with Gasteiger partial charge in [-0.25, -0.2) is 9.97 Å². The Morgan fingerprint density at radius 2 is 1.85 bits per heavy atom. The van der Waals surface area contributed by atoms with Crippen molar-refractivity contribution in [2.24, 2.45) is 0 Å². The summed E-state index contributed by atoms with van der Waals surface area (Å²) in [7, 11) is 0. The van der Waals surface area contributed by atoms with Gasteiger partial charge in [-0.3, -0.25) is 4.90 Å². The van der Waals surface area contributed by atoms with Gasteiger partial charge in [0.25, 0.3) is 0 Å². The minimum Gasteiger partial charge on any atom is -0.294 e. The van der Waals surface area contributed by atoms with Crippen molar-refractivity contribution in [2.45, 2.75) is 52.6 Å². The Hall–Kier alpha value is -2.26. The van der Waals surface area contributed by atoms with Crippen LogP contribution in [0.15, 0.2) is 42.6 Å². The maximum atomic E-state index is 4.80. The van der Waals surface area contributed by atoms with Crippen molar-refractivity contribution in [1.29, 1.82) is 0 Å². The number of nitrogens with zero attached hydrogens (tertiary/aromatic N) is 3. The fraction of sp³-hybridized carbons (Fsp3) is 0.391. The third kappa shape index (κ3) is 3.49. The molecule has 0 saturated heterocycles. The fourth-order valence-corrected chi connectivity index (χ4v) is 3.70. The van der Waals surface area contributed by atoms with E-state index in [2.05, 4.69) is 74.0 Å². The van der Waals surface area contributed by atoms with E-state index in [1.165, 1.54) is 27.9 Å². The molecule has 3 nitrogen and oxygen atoms in total. The maximum Gasteiger partial charge on any atom is 0.159 e. The predicted molar refractivity (Wildman–Crippen MR) is 107 cm³/mol. The van der Waals surface area contributed by atoms with E-state index in [0.29, 0.717) is 0 Å². The molecule has 1 aliphatic rings. The Kier molecular flexibility index (Phi) is 4.28. The van der Waals surface area contributed by atoms with Crippen LogP contribution in [-0.2, 0) is 24.9 Å². The topological polar surface area (TPSA) is 29.0 Å². The lowest BCUT2D eigenvalue weighted by molar-refractivity contribution is 0.243. The van der Waals surface area contributed by atoms with Crippen molar-refractivity contribution >= 4 is 11.0 Å². The molecule has 0 bridgehead atoms. The normalized spacial score (nSPS) is 15.2. The highest BCUT2D eigenvalue weighted by molar-refractivity contribution is 5.76. The molecule has 0 aliphatic carbocycles. The monoisotopic (exact) mass is 345 g/mol. The van der Waals surface area contributed by atoms with E-state index in [9.17, 15) is 0 Å². The van der Waals surface area contributed by atoms with Crippen molar-refractivity contribution in [3.8, 4) is 0 Å². The second-order valence-corrected chi connectivity index (χ2v) is 8.56. The molecule has 0 amide bonds. The van der Waals surface area contributed by atoms with Gasteiger partial charge in [0.05, 0.1) is 0 Å². The van der Waals surface area contributed by atoms with Crippen LogP contribution in [0.4, 0.5) is 0 Å². The zero-order valence-corrected chi connectivity index (χ0v) is 16.2. The molecule has 0 N–H and O–H groups in total. The summed E-state index contributed by atoms with van der Waals surface area (Å²) >= 11 is 0. The molecule has 0 spiro atoms. The smallest absolute Gasteiger partial charge is 0.159 e. The van der Waals surface area contributed by atoms with Gasteiger partial charge < -0.3 is 0 Å². The van der Waals surface area contributed by atoms with Gasteiger partial charge in [-0.2, -0.15) is 0 Å². The van der Waals surface area contributed by atoms with E-state index in [1.807, 2.05) is 6.20 Å². The molecule has 0 unspecified atom stereocenters. The molecule has 134 valence electrons. The number of hydrogen-bond acceptors (Lipinski definition) is 3. The van der Waals surface area contributed by atoms with Crippen LogP contribution in [0, 0.1) is 6.92 Å². The summed E-state index contributed by atoms with van der Waals surface area (Å²) in [5.41, 5.74) is 7.61. The summed E-state index contributed by atoms with van der Waals surface area (Å²) < 4.78 is 0. The molecule has 2 aromatic heterocycles. The summed E-state index contributed by atoms with van der Waals surface area (Å²) in [6, 6.07) is 13.6. The van der Waals surface area contributed by atoms with Gasteiger partial charge in [0.15, 0.2) is 5.65 Å². The zero-order valence-electron chi connectivity index (χ0n) is 16.2. The van der Waals surface area contributed by atoms with Crippen molar-refractivity contribution in [1.82, 2.24) is 14.9 Å². The molecule has 0 atom stereocenters. The molecule has 3 aromatic rings. The molecule has 0 fully saturated rings. The number of rotatable bonds is 2. The van der Waals surface area contributed by atoms with Gasteiger partial charge in [0, 0.05) is 43.3 Å². The Morgan fingerprint density at radius 3 is 2.58 bits per heavy atom. The minimum absolute atomic E-state index is 0.210. The Labute approximate surface area is 156 Å². The Balaban J connectivity index is 1.53. The zero-order chi connectivity index (χ0) is 18.3. The highest BCUT2D eigenvalue weighted by Crippen LogP contribution is 2.25. The summed E-state index contributed by atoms with van der Waals surface area (Å²) in [6.45, 7) is 11.9. The predicted octanol–water partition coefficient (Wildman–Crippen LogP) is 4.79. The summed E-state index contributed by atoms with van der Waals surface area (Å²) in [5.74, 6) is 0. The first kappa shape index (κ1) is 17.2. The third-order valence-electron chi connectivity index (χ3n) is 5.26. The van der Waals surface area contributed by atoms with Crippen molar-refractivity contribution < 1.29 is 0 Å². The van der Waals surface area contributed by atoms with Crippen molar-refractivity contribution in [3.63, 3.8) is 0 Å². The first-order valence-corrected chi connectivity index (χ1v) is 9.45. The van der Waals surface area contributed by atoms with Crippen LogP contribution >= 0.6 is 0 Å². The van der Waals surface area contributed by atoms with Gasteiger partial charge in [-0.1, -0.05) is 45.0 Å². The van der Waals surface area contributed by atoms with Crippen molar-refractivity contribution in [3.05, 3.63) is 70.5 Å². The van der Waals surface area contributed by atoms with Crippen LogP contribution in [0.3, 0.4) is 0 Å². The number of benzene rings is 1. The van der Waals surface area contributed by atoms with E-state index in [0.717, 1.165) is 37.1 Å². The summed E-state index contributed by atoms with van der Waals surface area (Å²) in [4.78, 5) is 11.8. The molecule has 26 heavy (non-hydrogen) atoms. The average molecular weight is 345 g/mol. The number of pyridine rings is 2. The van der Waals surface area contributed by atoms with Crippen LogP contribution in [0.25, 0.3) is 11.0 Å². The molecule has 1 aliphatic heterocycles. The highest BCUT2D eigenvalue weighted by Gasteiger charge is 2.19. The fourth-order valence-electron chi connectivity index (χ4n) is 3.70. The van der Waals surface area contributed by atoms with Crippen LogP contribution in [-0.4, -0.2) is 21.4 Å². The molecule has 0 radical (unpaired) electrons.